The van der Waals surface area contributed by atoms with Crippen LogP contribution >= 0.6 is 12.4 Å². The van der Waals surface area contributed by atoms with E-state index in [9.17, 15) is 4.79 Å². The molecule has 0 atom stereocenters. The van der Waals surface area contributed by atoms with E-state index in [1.165, 1.54) is 0 Å². The molecular weight excluding hydrogens is 292 g/mol. The van der Waals surface area contributed by atoms with Gasteiger partial charge in [0.2, 0.25) is 0 Å². The van der Waals surface area contributed by atoms with Crippen molar-refractivity contribution in [2.45, 2.75) is 6.54 Å². The molecule has 21 heavy (non-hydrogen) atoms. The second kappa shape index (κ2) is 6.60. The van der Waals surface area contributed by atoms with Crippen molar-refractivity contribution in [3.8, 4) is 5.75 Å². The van der Waals surface area contributed by atoms with Gasteiger partial charge in [-0.05, 0) is 24.3 Å². The van der Waals surface area contributed by atoms with Gasteiger partial charge >= 0.3 is 0 Å². The third-order valence-corrected chi connectivity index (χ3v) is 3.22. The van der Waals surface area contributed by atoms with Crippen molar-refractivity contribution in [3.05, 3.63) is 41.7 Å². The molecule has 1 amide bonds. The highest BCUT2D eigenvalue weighted by atomic mass is 35.5. The van der Waals surface area contributed by atoms with Gasteiger partial charge in [-0.15, -0.1) is 12.4 Å². The first-order valence-electron chi connectivity index (χ1n) is 6.50. The number of amides is 1. The zero-order valence-electron chi connectivity index (χ0n) is 11.6. The molecule has 1 aromatic carbocycles. The second-order valence-electron chi connectivity index (χ2n) is 4.64. The van der Waals surface area contributed by atoms with Gasteiger partial charge in [0.15, 0.2) is 0 Å². The van der Waals surface area contributed by atoms with Crippen molar-refractivity contribution in [1.82, 2.24) is 15.1 Å². The Bertz CT molecular complexity index is 642. The van der Waals surface area contributed by atoms with Gasteiger partial charge in [0.25, 0.3) is 5.91 Å². The van der Waals surface area contributed by atoms with E-state index in [4.69, 9.17) is 4.74 Å². The molecule has 6 nitrogen and oxygen atoms in total. The summed E-state index contributed by atoms with van der Waals surface area (Å²) in [5, 5.41) is 10.1. The summed E-state index contributed by atoms with van der Waals surface area (Å²) in [6.45, 7) is 2.23. The highest BCUT2D eigenvalue weighted by Crippen LogP contribution is 2.24. The first kappa shape index (κ1) is 15.3. The fourth-order valence-electron chi connectivity index (χ4n) is 2.18. The average molecular weight is 309 g/mol. The Labute approximate surface area is 128 Å². The number of fused-ring (bicyclic) bond motifs is 1. The lowest BCUT2D eigenvalue weighted by atomic mass is 10.1. The lowest BCUT2D eigenvalue weighted by Crippen LogP contribution is -2.17. The lowest BCUT2D eigenvalue weighted by Gasteiger charge is -2.10. The van der Waals surface area contributed by atoms with Gasteiger partial charge in [0, 0.05) is 37.6 Å². The quantitative estimate of drug-likeness (QED) is 0.884. The van der Waals surface area contributed by atoms with Crippen LogP contribution in [0.1, 0.15) is 16.1 Å². The predicted molar refractivity (Wildman–Crippen MR) is 82.1 cm³/mol. The van der Waals surface area contributed by atoms with E-state index < -0.39 is 0 Å². The third kappa shape index (κ3) is 3.34. The smallest absolute Gasteiger partial charge is 0.273 e. The Morgan fingerprint density at radius 1 is 1.43 bits per heavy atom. The van der Waals surface area contributed by atoms with Crippen molar-refractivity contribution in [1.29, 1.82) is 0 Å². The highest BCUT2D eigenvalue weighted by Gasteiger charge is 2.13. The van der Waals surface area contributed by atoms with Crippen LogP contribution in [-0.4, -0.2) is 28.8 Å². The fraction of sp³-hybridized carbons (Fsp3) is 0.286. The minimum atomic E-state index is -0.174. The maximum absolute atomic E-state index is 12.1. The van der Waals surface area contributed by atoms with Crippen molar-refractivity contribution < 1.29 is 9.53 Å². The van der Waals surface area contributed by atoms with Crippen molar-refractivity contribution in [3.63, 3.8) is 0 Å². The highest BCUT2D eigenvalue weighted by molar-refractivity contribution is 6.03. The molecule has 7 heteroatoms. The fourth-order valence-corrected chi connectivity index (χ4v) is 2.18. The summed E-state index contributed by atoms with van der Waals surface area (Å²) in [5.41, 5.74) is 2.32. The van der Waals surface area contributed by atoms with Crippen molar-refractivity contribution in [2.75, 3.05) is 18.5 Å². The first-order chi connectivity index (χ1) is 9.74. The summed E-state index contributed by atoms with van der Waals surface area (Å²) in [6, 6.07) is 7.35. The van der Waals surface area contributed by atoms with E-state index >= 15 is 0 Å². The minimum absolute atomic E-state index is 0. The number of rotatable bonds is 2. The summed E-state index contributed by atoms with van der Waals surface area (Å²) in [5.74, 6) is 0.695. The maximum Gasteiger partial charge on any atom is 0.273 e. The first-order valence-corrected chi connectivity index (χ1v) is 6.50. The number of hydrogen-bond acceptors (Lipinski definition) is 4. The van der Waals surface area contributed by atoms with Gasteiger partial charge < -0.3 is 15.4 Å². The molecule has 2 heterocycles. The molecule has 3 rings (SSSR count). The number of nitrogens with zero attached hydrogens (tertiary/aromatic N) is 2. The minimum Gasteiger partial charge on any atom is -0.492 e. The van der Waals surface area contributed by atoms with Crippen LogP contribution in [0, 0.1) is 0 Å². The number of aromatic nitrogens is 2. The number of ether oxygens (including phenoxy) is 1. The number of halogens is 1. The van der Waals surface area contributed by atoms with E-state index in [0.717, 1.165) is 30.1 Å². The van der Waals surface area contributed by atoms with Gasteiger partial charge in [0.05, 0.1) is 0 Å². The number of anilines is 1. The van der Waals surface area contributed by atoms with Crippen LogP contribution in [0.3, 0.4) is 0 Å². The summed E-state index contributed by atoms with van der Waals surface area (Å²) in [4.78, 5) is 12.1. The van der Waals surface area contributed by atoms with Gasteiger partial charge in [-0.25, -0.2) is 0 Å². The van der Waals surface area contributed by atoms with Crippen LogP contribution in [0.5, 0.6) is 5.75 Å². The molecule has 1 aromatic heterocycles. The van der Waals surface area contributed by atoms with E-state index in [-0.39, 0.29) is 18.3 Å². The molecule has 0 aliphatic carbocycles. The van der Waals surface area contributed by atoms with Crippen LogP contribution in [-0.2, 0) is 13.6 Å². The maximum atomic E-state index is 12.1. The average Bonchev–Trinajstić information content (AvgIpc) is 2.73. The van der Waals surface area contributed by atoms with Crippen LogP contribution in [0.25, 0.3) is 0 Å². The topological polar surface area (TPSA) is 68.2 Å². The number of carbonyl (C=O) groups is 1. The standard InChI is InChI=1S/C14H16N4O2.ClH/c1-18-12(4-5-16-18)14(19)17-11-2-3-13-10(8-11)9-15-6-7-20-13;/h2-5,8,15H,6-7,9H2,1H3,(H,17,19);1H. The van der Waals surface area contributed by atoms with Crippen LogP contribution < -0.4 is 15.4 Å². The molecule has 2 N–H and O–H groups in total. The number of benzene rings is 1. The van der Waals surface area contributed by atoms with Gasteiger partial charge in [-0.3, -0.25) is 9.48 Å². The molecule has 0 unspecified atom stereocenters. The van der Waals surface area contributed by atoms with E-state index in [1.54, 1.807) is 24.0 Å². The molecule has 0 bridgehead atoms. The third-order valence-electron chi connectivity index (χ3n) is 3.22. The van der Waals surface area contributed by atoms with E-state index in [0.29, 0.717) is 12.3 Å². The molecule has 0 spiro atoms. The number of carbonyl (C=O) groups excluding carboxylic acids is 1. The summed E-state index contributed by atoms with van der Waals surface area (Å²) in [7, 11) is 1.74. The lowest BCUT2D eigenvalue weighted by molar-refractivity contribution is 0.101. The molecule has 112 valence electrons. The van der Waals surface area contributed by atoms with Gasteiger partial charge in [-0.2, -0.15) is 5.10 Å². The Kier molecular flexibility index (Phi) is 4.82. The van der Waals surface area contributed by atoms with Gasteiger partial charge in [0.1, 0.15) is 18.1 Å². The monoisotopic (exact) mass is 308 g/mol. The molecule has 2 aromatic rings. The largest absolute Gasteiger partial charge is 0.492 e. The Balaban J connectivity index is 0.00000161. The summed E-state index contributed by atoms with van der Waals surface area (Å²) >= 11 is 0. The van der Waals surface area contributed by atoms with Crippen LogP contribution in [0.4, 0.5) is 5.69 Å². The molecule has 1 aliphatic rings. The zero-order chi connectivity index (χ0) is 13.9. The van der Waals surface area contributed by atoms with Crippen LogP contribution in [0.15, 0.2) is 30.5 Å². The number of aryl methyl sites for hydroxylation is 1. The van der Waals surface area contributed by atoms with Gasteiger partial charge in [-0.1, -0.05) is 0 Å². The second-order valence-corrected chi connectivity index (χ2v) is 4.64. The summed E-state index contributed by atoms with van der Waals surface area (Å²) in [6.07, 6.45) is 1.60. The number of nitrogens with one attached hydrogen (secondary N) is 2. The normalized spacial score (nSPS) is 13.4. The Morgan fingerprint density at radius 2 is 2.29 bits per heavy atom. The Morgan fingerprint density at radius 3 is 3.05 bits per heavy atom. The van der Waals surface area contributed by atoms with Crippen molar-refractivity contribution >= 4 is 24.0 Å². The molecule has 0 radical (unpaired) electrons. The van der Waals surface area contributed by atoms with Crippen LogP contribution in [0.2, 0.25) is 0 Å². The van der Waals surface area contributed by atoms with E-state index in [2.05, 4.69) is 15.7 Å². The molecular formula is C14H17ClN4O2. The predicted octanol–water partition coefficient (Wildman–Crippen LogP) is 1.58. The summed E-state index contributed by atoms with van der Waals surface area (Å²) < 4.78 is 7.16. The number of hydrogen-bond donors (Lipinski definition) is 2. The molecule has 0 fully saturated rings. The zero-order valence-corrected chi connectivity index (χ0v) is 12.4. The Hall–Kier alpha value is -2.05. The SMILES string of the molecule is Cl.Cn1nccc1C(=O)Nc1ccc2c(c1)CNCCO2. The van der Waals surface area contributed by atoms with E-state index in [1.807, 2.05) is 18.2 Å². The van der Waals surface area contributed by atoms with Crippen molar-refractivity contribution in [2.24, 2.45) is 7.05 Å². The molecule has 1 aliphatic heterocycles. The molecule has 0 saturated heterocycles. The molecule has 0 saturated carbocycles.